The molecule has 0 saturated carbocycles. The van der Waals surface area contributed by atoms with Gasteiger partial charge in [-0.25, -0.2) is 9.97 Å². The number of piperazine rings is 1. The predicted octanol–water partition coefficient (Wildman–Crippen LogP) is 3.20. The van der Waals surface area contributed by atoms with Crippen LogP contribution in [0.25, 0.3) is 11.4 Å². The quantitative estimate of drug-likeness (QED) is 0.498. The van der Waals surface area contributed by atoms with Crippen LogP contribution in [0.1, 0.15) is 35.3 Å². The van der Waals surface area contributed by atoms with Gasteiger partial charge in [-0.3, -0.25) is 9.78 Å². The lowest BCUT2D eigenvalue weighted by Crippen LogP contribution is -2.63. The number of nitrogens with zero attached hydrogens (tertiary/aromatic N) is 6. The summed E-state index contributed by atoms with van der Waals surface area (Å²) in [4.78, 5) is 34.2. The zero-order valence-corrected chi connectivity index (χ0v) is 22.7. The van der Waals surface area contributed by atoms with E-state index in [1.807, 2.05) is 31.2 Å². The molecular weight excluding hydrogens is 492 g/mol. The first-order valence-corrected chi connectivity index (χ1v) is 13.7. The SMILES string of the molecule is Cc1cccnc1-c1nc(C(N)=O)c(Nc2ccc(N3CCN(C)CC3)cc2)nc1N1CCC12CCOCC2. The summed E-state index contributed by atoms with van der Waals surface area (Å²) < 4.78 is 5.68. The second-order valence-electron chi connectivity index (χ2n) is 10.8. The molecule has 3 saturated heterocycles. The molecule has 3 aromatic rings. The number of anilines is 4. The maximum Gasteiger partial charge on any atom is 0.271 e. The fourth-order valence-corrected chi connectivity index (χ4v) is 5.86. The van der Waals surface area contributed by atoms with E-state index in [9.17, 15) is 4.79 Å². The molecule has 0 bridgehead atoms. The van der Waals surface area contributed by atoms with Gasteiger partial charge in [0.15, 0.2) is 17.3 Å². The third-order valence-corrected chi connectivity index (χ3v) is 8.40. The van der Waals surface area contributed by atoms with Crippen molar-refractivity contribution in [1.29, 1.82) is 0 Å². The summed E-state index contributed by atoms with van der Waals surface area (Å²) >= 11 is 0. The molecule has 3 N–H and O–H groups in total. The summed E-state index contributed by atoms with van der Waals surface area (Å²) in [5, 5.41) is 3.35. The largest absolute Gasteiger partial charge is 0.381 e. The predicted molar refractivity (Wildman–Crippen MR) is 153 cm³/mol. The third kappa shape index (κ3) is 4.90. The molecule has 6 rings (SSSR count). The van der Waals surface area contributed by atoms with Crippen LogP contribution in [0.4, 0.5) is 23.0 Å². The van der Waals surface area contributed by atoms with Crippen molar-refractivity contribution in [2.24, 2.45) is 5.73 Å². The number of likely N-dealkylation sites (N-methyl/N-ethyl adjacent to an activating group) is 1. The summed E-state index contributed by atoms with van der Waals surface area (Å²) in [7, 11) is 2.15. The van der Waals surface area contributed by atoms with Gasteiger partial charge in [-0.15, -0.1) is 0 Å². The topological polar surface area (TPSA) is 113 Å². The number of aryl methyl sites for hydroxylation is 1. The number of primary amides is 1. The molecule has 1 spiro atoms. The molecule has 1 aromatic carbocycles. The summed E-state index contributed by atoms with van der Waals surface area (Å²) in [6, 6.07) is 12.1. The number of nitrogens with one attached hydrogen (secondary N) is 1. The smallest absolute Gasteiger partial charge is 0.271 e. The Hall–Kier alpha value is -3.76. The summed E-state index contributed by atoms with van der Waals surface area (Å²) in [6.45, 7) is 8.41. The molecule has 0 atom stereocenters. The Morgan fingerprint density at radius 3 is 2.36 bits per heavy atom. The number of amides is 1. The summed E-state index contributed by atoms with van der Waals surface area (Å²) in [5.74, 6) is 0.452. The molecule has 2 aromatic heterocycles. The third-order valence-electron chi connectivity index (χ3n) is 8.40. The maximum atomic E-state index is 12.6. The van der Waals surface area contributed by atoms with Gasteiger partial charge in [0.1, 0.15) is 5.69 Å². The van der Waals surface area contributed by atoms with Crippen molar-refractivity contribution in [2.45, 2.75) is 31.7 Å². The van der Waals surface area contributed by atoms with E-state index in [1.54, 1.807) is 6.20 Å². The minimum absolute atomic E-state index is 0.0139. The van der Waals surface area contributed by atoms with Gasteiger partial charge >= 0.3 is 0 Å². The van der Waals surface area contributed by atoms with Crippen molar-refractivity contribution < 1.29 is 9.53 Å². The number of pyridine rings is 1. The lowest BCUT2D eigenvalue weighted by molar-refractivity contribution is 0.0285. The molecule has 3 aliphatic rings. The lowest BCUT2D eigenvalue weighted by Gasteiger charge is -2.55. The molecule has 0 aliphatic carbocycles. The first kappa shape index (κ1) is 25.5. The Morgan fingerprint density at radius 1 is 0.974 bits per heavy atom. The van der Waals surface area contributed by atoms with E-state index >= 15 is 0 Å². The van der Waals surface area contributed by atoms with Crippen LogP contribution in [-0.4, -0.2) is 84.3 Å². The average Bonchev–Trinajstić information content (AvgIpc) is 2.94. The molecule has 5 heterocycles. The van der Waals surface area contributed by atoms with E-state index in [0.717, 1.165) is 82.3 Å². The summed E-state index contributed by atoms with van der Waals surface area (Å²) in [6.07, 6.45) is 4.69. The van der Waals surface area contributed by atoms with Crippen molar-refractivity contribution in [3.8, 4) is 11.4 Å². The van der Waals surface area contributed by atoms with E-state index < -0.39 is 5.91 Å². The maximum absolute atomic E-state index is 12.6. The molecule has 3 fully saturated rings. The molecule has 10 nitrogen and oxygen atoms in total. The van der Waals surface area contributed by atoms with Crippen molar-refractivity contribution >= 4 is 28.9 Å². The van der Waals surface area contributed by atoms with E-state index in [-0.39, 0.29) is 11.2 Å². The molecule has 0 radical (unpaired) electrons. The molecule has 0 unspecified atom stereocenters. The first-order valence-electron chi connectivity index (χ1n) is 13.7. The number of nitrogens with two attached hydrogens (primary N) is 1. The number of rotatable bonds is 6. The van der Waals surface area contributed by atoms with Gasteiger partial charge in [-0.05, 0) is 69.1 Å². The standard InChI is InChI=1S/C29H36N8O2/c1-20-4-3-12-31-23(20)24-28(37-13-9-29(37)10-18-39-19-11-29)34-27(25(33-24)26(30)38)32-21-5-7-22(8-6-21)36-16-14-35(2)15-17-36/h3-8,12H,9-11,13-19H2,1-2H3,(H2,30,38)(H,32,34). The molecule has 1 amide bonds. The Balaban J connectivity index is 1.37. The fraction of sp³-hybridized carbons (Fsp3) is 0.448. The number of ether oxygens (including phenoxy) is 1. The number of benzene rings is 1. The van der Waals surface area contributed by atoms with Gasteiger partial charge in [0, 0.05) is 69.0 Å². The van der Waals surface area contributed by atoms with Crippen LogP contribution >= 0.6 is 0 Å². The van der Waals surface area contributed by atoms with Crippen molar-refractivity contribution in [3.63, 3.8) is 0 Å². The minimum Gasteiger partial charge on any atom is -0.381 e. The molecule has 39 heavy (non-hydrogen) atoms. The van der Waals surface area contributed by atoms with Crippen LogP contribution < -0.4 is 20.9 Å². The molecule has 10 heteroatoms. The van der Waals surface area contributed by atoms with Crippen LogP contribution in [-0.2, 0) is 4.74 Å². The van der Waals surface area contributed by atoms with Crippen LogP contribution in [0, 0.1) is 6.92 Å². The zero-order chi connectivity index (χ0) is 27.0. The number of carbonyl (C=O) groups excluding carboxylic acids is 1. The van der Waals surface area contributed by atoms with Crippen LogP contribution in [0.3, 0.4) is 0 Å². The monoisotopic (exact) mass is 528 g/mol. The highest BCUT2D eigenvalue weighted by Gasteiger charge is 2.47. The Kier molecular flexibility index (Phi) is 6.82. The average molecular weight is 529 g/mol. The highest BCUT2D eigenvalue weighted by atomic mass is 16.5. The van der Waals surface area contributed by atoms with Gasteiger partial charge in [0.2, 0.25) is 0 Å². The zero-order valence-electron chi connectivity index (χ0n) is 22.7. The normalized spacial score (nSPS) is 19.1. The highest BCUT2D eigenvalue weighted by Crippen LogP contribution is 2.45. The Labute approximate surface area is 229 Å². The second kappa shape index (κ2) is 10.4. The van der Waals surface area contributed by atoms with Crippen molar-refractivity contribution in [2.75, 3.05) is 68.1 Å². The molecule has 3 aliphatic heterocycles. The Bertz CT molecular complexity index is 1350. The highest BCUT2D eigenvalue weighted by molar-refractivity contribution is 5.97. The number of hydrogen-bond acceptors (Lipinski definition) is 9. The fourth-order valence-electron chi connectivity index (χ4n) is 5.86. The van der Waals surface area contributed by atoms with Gasteiger partial charge in [-0.2, -0.15) is 0 Å². The van der Waals surface area contributed by atoms with E-state index in [4.69, 9.17) is 20.4 Å². The van der Waals surface area contributed by atoms with Crippen LogP contribution in [0.15, 0.2) is 42.6 Å². The van der Waals surface area contributed by atoms with Crippen LogP contribution in [0.5, 0.6) is 0 Å². The second-order valence-corrected chi connectivity index (χ2v) is 10.8. The minimum atomic E-state index is -0.634. The first-order chi connectivity index (χ1) is 18.9. The van der Waals surface area contributed by atoms with Crippen molar-refractivity contribution in [3.05, 3.63) is 53.9 Å². The Morgan fingerprint density at radius 2 is 1.72 bits per heavy atom. The van der Waals surface area contributed by atoms with E-state index in [0.29, 0.717) is 17.2 Å². The van der Waals surface area contributed by atoms with Gasteiger partial charge < -0.3 is 30.5 Å². The van der Waals surface area contributed by atoms with Gasteiger partial charge in [-0.1, -0.05) is 6.07 Å². The van der Waals surface area contributed by atoms with Crippen molar-refractivity contribution in [1.82, 2.24) is 19.9 Å². The summed E-state index contributed by atoms with van der Waals surface area (Å²) in [5.41, 5.74) is 10.2. The number of hydrogen-bond donors (Lipinski definition) is 2. The van der Waals surface area contributed by atoms with Gasteiger partial charge in [0.05, 0.1) is 5.69 Å². The van der Waals surface area contributed by atoms with Gasteiger partial charge in [0.25, 0.3) is 5.91 Å². The number of aromatic nitrogens is 3. The van der Waals surface area contributed by atoms with E-state index in [2.05, 4.69) is 44.2 Å². The van der Waals surface area contributed by atoms with Crippen LogP contribution in [0.2, 0.25) is 0 Å². The lowest BCUT2D eigenvalue weighted by atomic mass is 9.77. The number of carbonyl (C=O) groups is 1. The molecule has 204 valence electrons. The molecular formula is C29H36N8O2. The van der Waals surface area contributed by atoms with E-state index in [1.165, 1.54) is 5.69 Å².